The Morgan fingerprint density at radius 3 is 2.66 bits per heavy atom. The molecule has 5 atom stereocenters. The van der Waals surface area contributed by atoms with Crippen molar-refractivity contribution >= 4 is 39.0 Å². The molecule has 2 heterocycles. The largest absolute Gasteiger partial charge is 0.490 e. The van der Waals surface area contributed by atoms with Gasteiger partial charge in [-0.2, -0.15) is 0 Å². The number of fused-ring (bicyclic) bond motifs is 4. The topological polar surface area (TPSA) is 92.8 Å². The molecule has 0 unspecified atom stereocenters. The first kappa shape index (κ1) is 28.5. The molecular weight excluding hydrogens is 560 g/mol. The molecule has 1 amide bonds. The van der Waals surface area contributed by atoms with Gasteiger partial charge in [0, 0.05) is 41.4 Å². The van der Waals surface area contributed by atoms with Crippen LogP contribution < -0.4 is 14.4 Å². The van der Waals surface area contributed by atoms with Crippen molar-refractivity contribution in [3.05, 3.63) is 58.1 Å². The van der Waals surface area contributed by atoms with E-state index in [1.54, 1.807) is 25.1 Å². The Kier molecular flexibility index (Phi) is 7.60. The average Bonchev–Trinajstić information content (AvgIpc) is 3.05. The maximum absolute atomic E-state index is 13.4. The highest BCUT2D eigenvalue weighted by Gasteiger charge is 2.44. The van der Waals surface area contributed by atoms with Crippen molar-refractivity contribution < 1.29 is 22.7 Å². The van der Waals surface area contributed by atoms with Crippen LogP contribution in [0.25, 0.3) is 0 Å². The summed E-state index contributed by atoms with van der Waals surface area (Å²) >= 11 is 6.38. The number of hydrogen-bond acceptors (Lipinski definition) is 6. The van der Waals surface area contributed by atoms with Crippen LogP contribution in [0.3, 0.4) is 0 Å². The summed E-state index contributed by atoms with van der Waals surface area (Å²) in [5.74, 6) is 0.664. The van der Waals surface area contributed by atoms with Crippen LogP contribution in [0.1, 0.15) is 80.3 Å². The van der Waals surface area contributed by atoms with Crippen molar-refractivity contribution in [1.29, 1.82) is 0 Å². The van der Waals surface area contributed by atoms with Gasteiger partial charge in [0.25, 0.3) is 5.91 Å². The number of rotatable bonds is 0. The van der Waals surface area contributed by atoms with Crippen LogP contribution in [0.4, 0.5) is 5.69 Å². The summed E-state index contributed by atoms with van der Waals surface area (Å²) in [5, 5.41) is -0.0117. The van der Waals surface area contributed by atoms with Crippen LogP contribution in [0.2, 0.25) is 5.02 Å². The lowest BCUT2D eigenvalue weighted by molar-refractivity contribution is -0.128. The van der Waals surface area contributed by atoms with E-state index in [2.05, 4.69) is 21.8 Å². The van der Waals surface area contributed by atoms with E-state index in [1.807, 2.05) is 13.0 Å². The molecule has 6 rings (SSSR count). The first-order valence-electron chi connectivity index (χ1n) is 14.9. The van der Waals surface area contributed by atoms with Gasteiger partial charge in [0.2, 0.25) is 10.0 Å². The standard InChI is InChI=1S/C32H39ClN2O5S/c1-20-5-6-21(2)41(38,39)34-31(37)23-8-12-30-28(16-23)35(17-24-7-10-26(24)29(36)14-20)18-32(19-40-30)13-3-4-22-15-25(33)9-11-27(22)32/h8-9,11-12,15-16,20-21,24,26H,3-7,10,13-14,17-19H2,1-2H3,(H,34,37)/t20-,21-,24-,26+,32-/m0/s1. The first-order valence-corrected chi connectivity index (χ1v) is 16.9. The number of ether oxygens (including phenoxy) is 1. The third-order valence-corrected chi connectivity index (χ3v) is 12.0. The van der Waals surface area contributed by atoms with E-state index >= 15 is 0 Å². The summed E-state index contributed by atoms with van der Waals surface area (Å²) in [6.45, 7) is 5.51. The van der Waals surface area contributed by atoms with Gasteiger partial charge in [0.15, 0.2) is 0 Å². The number of anilines is 1. The van der Waals surface area contributed by atoms with E-state index in [0.29, 0.717) is 44.7 Å². The van der Waals surface area contributed by atoms with Gasteiger partial charge in [-0.25, -0.2) is 13.1 Å². The molecule has 1 fully saturated rings. The minimum absolute atomic E-state index is 0.0130. The van der Waals surface area contributed by atoms with E-state index in [4.69, 9.17) is 16.3 Å². The molecule has 2 bridgehead atoms. The Labute approximate surface area is 248 Å². The summed E-state index contributed by atoms with van der Waals surface area (Å²) in [4.78, 5) is 29.0. The van der Waals surface area contributed by atoms with Gasteiger partial charge in [-0.3, -0.25) is 9.59 Å². The molecule has 220 valence electrons. The van der Waals surface area contributed by atoms with Gasteiger partial charge in [-0.05, 0) is 105 Å². The summed E-state index contributed by atoms with van der Waals surface area (Å²) in [6, 6.07) is 11.3. The molecule has 2 aromatic rings. The molecule has 1 saturated carbocycles. The molecule has 2 aliphatic heterocycles. The van der Waals surface area contributed by atoms with Crippen molar-refractivity contribution in [2.24, 2.45) is 17.8 Å². The minimum Gasteiger partial charge on any atom is -0.490 e. The molecule has 2 aromatic carbocycles. The first-order chi connectivity index (χ1) is 19.5. The van der Waals surface area contributed by atoms with Crippen molar-refractivity contribution in [2.75, 3.05) is 24.6 Å². The normalized spacial score (nSPS) is 31.6. The Morgan fingerprint density at radius 1 is 1.05 bits per heavy atom. The van der Waals surface area contributed by atoms with E-state index in [0.717, 1.165) is 42.8 Å². The monoisotopic (exact) mass is 598 g/mol. The number of ketones is 1. The number of benzene rings is 2. The number of sulfonamides is 1. The number of nitrogens with zero attached hydrogens (tertiary/aromatic N) is 1. The molecule has 4 aliphatic rings. The van der Waals surface area contributed by atoms with Gasteiger partial charge in [-0.1, -0.05) is 24.6 Å². The van der Waals surface area contributed by atoms with Gasteiger partial charge in [-0.15, -0.1) is 0 Å². The molecular formula is C32H39ClN2O5S. The highest BCUT2D eigenvalue weighted by atomic mass is 35.5. The number of carbonyl (C=O) groups excluding carboxylic acids is 2. The molecule has 7 nitrogen and oxygen atoms in total. The maximum Gasteiger partial charge on any atom is 0.264 e. The van der Waals surface area contributed by atoms with Crippen molar-refractivity contribution in [3.8, 4) is 5.75 Å². The average molecular weight is 599 g/mol. The van der Waals surface area contributed by atoms with E-state index in [-0.39, 0.29) is 34.5 Å². The molecule has 0 radical (unpaired) electrons. The SMILES string of the molecule is C[C@H]1CC[C@H](C)S(=O)(=O)NC(=O)c2ccc3c(c2)N(C[C@@H]2CC[C@H]2C(=O)C1)C[C@@]1(CCCc2cc(Cl)ccc21)CO3. The van der Waals surface area contributed by atoms with Crippen LogP contribution in [-0.2, 0) is 26.7 Å². The Balaban J connectivity index is 1.42. The number of aryl methyl sites for hydroxylation is 1. The number of carbonyl (C=O) groups is 2. The third-order valence-electron chi connectivity index (χ3n) is 9.97. The van der Waals surface area contributed by atoms with Crippen LogP contribution in [0.15, 0.2) is 36.4 Å². The van der Waals surface area contributed by atoms with Gasteiger partial charge < -0.3 is 9.64 Å². The number of halogens is 1. The van der Waals surface area contributed by atoms with Crippen molar-refractivity contribution in [2.45, 2.75) is 75.9 Å². The van der Waals surface area contributed by atoms with Gasteiger partial charge in [0.05, 0.1) is 17.5 Å². The molecule has 1 N–H and O–H groups in total. The van der Waals surface area contributed by atoms with Crippen LogP contribution in [0, 0.1) is 17.8 Å². The van der Waals surface area contributed by atoms with E-state index in [9.17, 15) is 18.0 Å². The predicted molar refractivity (Wildman–Crippen MR) is 160 cm³/mol. The molecule has 1 spiro atoms. The number of amides is 1. The lowest BCUT2D eigenvalue weighted by atomic mass is 9.68. The summed E-state index contributed by atoms with van der Waals surface area (Å²) in [5.41, 5.74) is 3.29. The van der Waals surface area contributed by atoms with Crippen LogP contribution in [0.5, 0.6) is 5.75 Å². The summed E-state index contributed by atoms with van der Waals surface area (Å²) < 4.78 is 34.9. The molecule has 0 saturated heterocycles. The lowest BCUT2D eigenvalue weighted by Crippen LogP contribution is -2.49. The van der Waals surface area contributed by atoms with Gasteiger partial charge in [0.1, 0.15) is 11.5 Å². The number of nitrogens with one attached hydrogen (secondary N) is 1. The fourth-order valence-electron chi connectivity index (χ4n) is 7.31. The van der Waals surface area contributed by atoms with Crippen LogP contribution in [-0.4, -0.2) is 45.1 Å². The quantitative estimate of drug-likeness (QED) is 0.420. The predicted octanol–water partition coefficient (Wildman–Crippen LogP) is 5.68. The molecule has 0 aromatic heterocycles. The smallest absolute Gasteiger partial charge is 0.264 e. The molecule has 2 aliphatic carbocycles. The minimum atomic E-state index is -3.87. The van der Waals surface area contributed by atoms with E-state index < -0.39 is 21.2 Å². The Bertz CT molecular complexity index is 1480. The fraction of sp³-hybridized carbons (Fsp3) is 0.562. The summed E-state index contributed by atoms with van der Waals surface area (Å²) in [6.07, 6.45) is 6.31. The van der Waals surface area contributed by atoms with E-state index in [1.165, 1.54) is 11.1 Å². The number of hydrogen-bond donors (Lipinski definition) is 1. The third kappa shape index (κ3) is 5.50. The fourth-order valence-corrected chi connectivity index (χ4v) is 8.53. The highest BCUT2D eigenvalue weighted by molar-refractivity contribution is 7.90. The summed E-state index contributed by atoms with van der Waals surface area (Å²) in [7, 11) is -3.87. The van der Waals surface area contributed by atoms with Crippen molar-refractivity contribution in [1.82, 2.24) is 4.72 Å². The van der Waals surface area contributed by atoms with Crippen molar-refractivity contribution in [3.63, 3.8) is 0 Å². The highest BCUT2D eigenvalue weighted by Crippen LogP contribution is 2.46. The lowest BCUT2D eigenvalue weighted by Gasteiger charge is -2.44. The van der Waals surface area contributed by atoms with Gasteiger partial charge >= 0.3 is 0 Å². The Morgan fingerprint density at radius 2 is 1.88 bits per heavy atom. The second-order valence-corrected chi connectivity index (χ2v) is 15.4. The zero-order valence-corrected chi connectivity index (χ0v) is 25.4. The number of Topliss-reactive ketones (excluding diaryl/α,β-unsaturated/α-hetero) is 1. The van der Waals surface area contributed by atoms with Crippen LogP contribution >= 0.6 is 11.6 Å². The zero-order chi connectivity index (χ0) is 28.9. The zero-order valence-electron chi connectivity index (χ0n) is 23.8. The molecule has 9 heteroatoms. The second kappa shape index (κ2) is 10.9. The molecule has 41 heavy (non-hydrogen) atoms. The maximum atomic E-state index is 13.4. The second-order valence-electron chi connectivity index (χ2n) is 12.9. The Hall–Kier alpha value is -2.58.